The average Bonchev–Trinajstić information content (AvgIpc) is 2.79. The zero-order valence-electron chi connectivity index (χ0n) is 9.85. The van der Waals surface area contributed by atoms with E-state index < -0.39 is 0 Å². The fraction of sp³-hybridized carbons (Fsp3) is 0.636. The molecule has 5 nitrogen and oxygen atoms in total. The first-order valence-electron chi connectivity index (χ1n) is 5.72. The molecule has 0 amide bonds. The zero-order valence-corrected chi connectivity index (χ0v) is 9.85. The highest BCUT2D eigenvalue weighted by Gasteiger charge is 2.32. The summed E-state index contributed by atoms with van der Waals surface area (Å²) in [5.74, 6) is 1.68. The van der Waals surface area contributed by atoms with E-state index in [4.69, 9.17) is 0 Å². The Labute approximate surface area is 96.0 Å². The number of hydrogen-bond acceptors (Lipinski definition) is 2. The third kappa shape index (κ3) is 2.98. The van der Waals surface area contributed by atoms with E-state index >= 15 is 0 Å². The SMILES string of the molecule is CN=C(NCCn1ccnc1)NC1CC1C. The normalized spacial score (nSPS) is 24.2. The lowest BCUT2D eigenvalue weighted by atomic mass is 10.5. The summed E-state index contributed by atoms with van der Waals surface area (Å²) in [6.07, 6.45) is 6.82. The van der Waals surface area contributed by atoms with Gasteiger partial charge in [0.1, 0.15) is 0 Å². The summed E-state index contributed by atoms with van der Waals surface area (Å²) in [6.45, 7) is 4.01. The Kier molecular flexibility index (Phi) is 3.44. The molecule has 0 spiro atoms. The molecule has 0 saturated heterocycles. The highest BCUT2D eigenvalue weighted by atomic mass is 15.2. The Bertz CT molecular complexity index is 343. The van der Waals surface area contributed by atoms with Crippen molar-refractivity contribution in [2.75, 3.05) is 13.6 Å². The van der Waals surface area contributed by atoms with E-state index in [-0.39, 0.29) is 0 Å². The minimum atomic E-state index is 0.611. The first-order chi connectivity index (χ1) is 7.79. The largest absolute Gasteiger partial charge is 0.355 e. The first-order valence-corrected chi connectivity index (χ1v) is 5.72. The van der Waals surface area contributed by atoms with Gasteiger partial charge in [-0.2, -0.15) is 0 Å². The summed E-state index contributed by atoms with van der Waals surface area (Å²) in [7, 11) is 1.81. The molecule has 0 aromatic carbocycles. The number of aromatic nitrogens is 2. The molecule has 16 heavy (non-hydrogen) atoms. The van der Waals surface area contributed by atoms with Gasteiger partial charge in [-0.1, -0.05) is 6.92 Å². The molecular weight excluding hydrogens is 202 g/mol. The Hall–Kier alpha value is -1.52. The van der Waals surface area contributed by atoms with E-state index in [1.165, 1.54) is 6.42 Å². The molecule has 1 saturated carbocycles. The monoisotopic (exact) mass is 221 g/mol. The Morgan fingerprint density at radius 3 is 3.00 bits per heavy atom. The van der Waals surface area contributed by atoms with Crippen molar-refractivity contribution in [1.82, 2.24) is 20.2 Å². The van der Waals surface area contributed by atoms with Gasteiger partial charge in [-0.25, -0.2) is 4.98 Å². The number of hydrogen-bond donors (Lipinski definition) is 2. The van der Waals surface area contributed by atoms with Crippen molar-refractivity contribution in [3.63, 3.8) is 0 Å². The number of rotatable bonds is 4. The van der Waals surface area contributed by atoms with E-state index in [0.29, 0.717) is 6.04 Å². The number of aliphatic imine (C=N–C) groups is 1. The van der Waals surface area contributed by atoms with E-state index in [2.05, 4.69) is 27.5 Å². The highest BCUT2D eigenvalue weighted by Crippen LogP contribution is 2.28. The molecule has 1 aliphatic carbocycles. The van der Waals surface area contributed by atoms with E-state index in [9.17, 15) is 0 Å². The number of guanidine groups is 1. The molecule has 0 aliphatic heterocycles. The quantitative estimate of drug-likeness (QED) is 0.573. The summed E-state index contributed by atoms with van der Waals surface area (Å²) in [5, 5.41) is 6.67. The van der Waals surface area contributed by atoms with Gasteiger partial charge < -0.3 is 15.2 Å². The second-order valence-electron chi connectivity index (χ2n) is 4.26. The summed E-state index contributed by atoms with van der Waals surface area (Å²) in [4.78, 5) is 8.19. The van der Waals surface area contributed by atoms with Crippen molar-refractivity contribution < 1.29 is 0 Å². The van der Waals surface area contributed by atoms with Crippen molar-refractivity contribution >= 4 is 5.96 Å². The molecule has 2 atom stereocenters. The molecule has 1 heterocycles. The first kappa shape index (κ1) is 11.0. The van der Waals surface area contributed by atoms with Crippen molar-refractivity contribution in [2.24, 2.45) is 10.9 Å². The molecule has 1 aromatic rings. The zero-order chi connectivity index (χ0) is 11.4. The number of nitrogens with zero attached hydrogens (tertiary/aromatic N) is 3. The van der Waals surface area contributed by atoms with E-state index in [1.807, 2.05) is 17.1 Å². The van der Waals surface area contributed by atoms with Crippen molar-refractivity contribution in [3.05, 3.63) is 18.7 Å². The second-order valence-corrected chi connectivity index (χ2v) is 4.26. The standard InChI is InChI=1S/C11H19N5/c1-9-7-10(9)15-11(12-2)14-4-6-16-5-3-13-8-16/h3,5,8-10H,4,6-7H2,1-2H3,(H2,12,14,15). The summed E-state index contributed by atoms with van der Waals surface area (Å²) in [5.41, 5.74) is 0. The maximum Gasteiger partial charge on any atom is 0.191 e. The molecular formula is C11H19N5. The van der Waals surface area contributed by atoms with Crippen LogP contribution in [0.5, 0.6) is 0 Å². The van der Waals surface area contributed by atoms with Gasteiger partial charge in [0.05, 0.1) is 6.33 Å². The maximum atomic E-state index is 4.19. The van der Waals surface area contributed by atoms with Gasteiger partial charge in [-0.05, 0) is 12.3 Å². The van der Waals surface area contributed by atoms with Crippen LogP contribution in [0.1, 0.15) is 13.3 Å². The fourth-order valence-electron chi connectivity index (χ4n) is 1.62. The molecule has 5 heteroatoms. The van der Waals surface area contributed by atoms with Crippen LogP contribution in [0.2, 0.25) is 0 Å². The van der Waals surface area contributed by atoms with Gasteiger partial charge in [-0.15, -0.1) is 0 Å². The van der Waals surface area contributed by atoms with E-state index in [1.54, 1.807) is 13.2 Å². The highest BCUT2D eigenvalue weighted by molar-refractivity contribution is 5.80. The molecule has 2 N–H and O–H groups in total. The van der Waals surface area contributed by atoms with Crippen LogP contribution >= 0.6 is 0 Å². The van der Waals surface area contributed by atoms with Crippen LogP contribution < -0.4 is 10.6 Å². The second kappa shape index (κ2) is 5.01. The minimum Gasteiger partial charge on any atom is -0.355 e. The predicted molar refractivity (Wildman–Crippen MR) is 64.3 cm³/mol. The van der Waals surface area contributed by atoms with Crippen LogP contribution in [0.25, 0.3) is 0 Å². The minimum absolute atomic E-state index is 0.611. The van der Waals surface area contributed by atoms with Gasteiger partial charge in [0.25, 0.3) is 0 Å². The van der Waals surface area contributed by atoms with Gasteiger partial charge >= 0.3 is 0 Å². The lowest BCUT2D eigenvalue weighted by Gasteiger charge is -2.11. The lowest BCUT2D eigenvalue weighted by Crippen LogP contribution is -2.40. The predicted octanol–water partition coefficient (Wildman–Crippen LogP) is 0.456. The molecule has 0 bridgehead atoms. The van der Waals surface area contributed by atoms with Crippen molar-refractivity contribution in [3.8, 4) is 0 Å². The van der Waals surface area contributed by atoms with Gasteiger partial charge in [0.15, 0.2) is 5.96 Å². The maximum absolute atomic E-state index is 4.19. The topological polar surface area (TPSA) is 54.2 Å². The van der Waals surface area contributed by atoms with Crippen LogP contribution in [-0.2, 0) is 6.54 Å². The third-order valence-electron chi connectivity index (χ3n) is 2.88. The van der Waals surface area contributed by atoms with E-state index in [0.717, 1.165) is 25.0 Å². The molecule has 2 rings (SSSR count). The number of imidazole rings is 1. The molecule has 0 radical (unpaired) electrons. The Balaban J connectivity index is 1.67. The van der Waals surface area contributed by atoms with Crippen LogP contribution in [-0.4, -0.2) is 35.1 Å². The molecule has 1 aliphatic rings. The summed E-state index contributed by atoms with van der Waals surface area (Å²) >= 11 is 0. The van der Waals surface area contributed by atoms with Gasteiger partial charge in [0, 0.05) is 38.6 Å². The smallest absolute Gasteiger partial charge is 0.191 e. The van der Waals surface area contributed by atoms with Crippen molar-refractivity contribution in [1.29, 1.82) is 0 Å². The number of nitrogens with one attached hydrogen (secondary N) is 2. The van der Waals surface area contributed by atoms with Crippen LogP contribution in [0.15, 0.2) is 23.7 Å². The Morgan fingerprint density at radius 2 is 2.44 bits per heavy atom. The fourth-order valence-corrected chi connectivity index (χ4v) is 1.62. The Morgan fingerprint density at radius 1 is 1.62 bits per heavy atom. The third-order valence-corrected chi connectivity index (χ3v) is 2.88. The van der Waals surface area contributed by atoms with Gasteiger partial charge in [0.2, 0.25) is 0 Å². The van der Waals surface area contributed by atoms with Crippen LogP contribution in [0.4, 0.5) is 0 Å². The van der Waals surface area contributed by atoms with Crippen molar-refractivity contribution in [2.45, 2.75) is 25.9 Å². The van der Waals surface area contributed by atoms with Gasteiger partial charge in [-0.3, -0.25) is 4.99 Å². The molecule has 2 unspecified atom stereocenters. The van der Waals surface area contributed by atoms with Crippen LogP contribution in [0.3, 0.4) is 0 Å². The molecule has 88 valence electrons. The molecule has 1 fully saturated rings. The summed E-state index contributed by atoms with van der Waals surface area (Å²) < 4.78 is 2.04. The van der Waals surface area contributed by atoms with Crippen LogP contribution in [0, 0.1) is 5.92 Å². The lowest BCUT2D eigenvalue weighted by molar-refractivity contribution is 0.658. The summed E-state index contributed by atoms with van der Waals surface area (Å²) in [6, 6.07) is 0.611. The average molecular weight is 221 g/mol. The molecule has 1 aromatic heterocycles.